The lowest BCUT2D eigenvalue weighted by Crippen LogP contribution is -2.47. The van der Waals surface area contributed by atoms with Gasteiger partial charge in [0, 0.05) is 35.2 Å². The van der Waals surface area contributed by atoms with Gasteiger partial charge in [-0.25, -0.2) is 8.78 Å². The van der Waals surface area contributed by atoms with Crippen molar-refractivity contribution in [1.29, 1.82) is 5.26 Å². The van der Waals surface area contributed by atoms with Crippen molar-refractivity contribution in [3.05, 3.63) is 57.8 Å². The average molecular weight is 584 g/mol. The number of nitrogens with two attached hydrogens (primary N) is 1. The number of benzene rings is 1. The van der Waals surface area contributed by atoms with E-state index in [2.05, 4.69) is 22.0 Å². The lowest BCUT2D eigenvalue weighted by molar-refractivity contribution is -0.0418. The van der Waals surface area contributed by atoms with Gasteiger partial charge in [0.2, 0.25) is 0 Å². The van der Waals surface area contributed by atoms with Crippen LogP contribution in [0.4, 0.5) is 23.4 Å². The molecule has 2 unspecified atom stereocenters. The van der Waals surface area contributed by atoms with E-state index in [0.717, 1.165) is 0 Å². The maximum Gasteiger partial charge on any atom is 0.360 e. The highest BCUT2D eigenvalue weighted by Gasteiger charge is 2.49. The summed E-state index contributed by atoms with van der Waals surface area (Å²) in [6, 6.07) is -1.86. The van der Waals surface area contributed by atoms with Gasteiger partial charge in [-0.2, -0.15) is 24.0 Å². The SMILES string of the molecule is C#CC1=C(F)C=C[C@H]2C=C(N)C=C(c3c(Cl)c4c5c(nc(OCC)nc5c3F)N(CC3CC3C#N)C(F)(F)CO4)[C@@H]12. The number of hydrogen-bond donors (Lipinski definition) is 1. The van der Waals surface area contributed by atoms with Crippen LogP contribution in [0.1, 0.15) is 18.9 Å². The molecule has 1 saturated carbocycles. The van der Waals surface area contributed by atoms with Gasteiger partial charge in [-0.1, -0.05) is 29.7 Å². The van der Waals surface area contributed by atoms with Gasteiger partial charge >= 0.3 is 12.1 Å². The molecule has 1 aliphatic heterocycles. The number of halogens is 5. The van der Waals surface area contributed by atoms with Crippen molar-refractivity contribution >= 4 is 33.9 Å². The van der Waals surface area contributed by atoms with Crippen molar-refractivity contribution in [3.63, 3.8) is 0 Å². The number of nitriles is 1. The van der Waals surface area contributed by atoms with Crippen LogP contribution in [0.25, 0.3) is 16.5 Å². The normalized spacial score (nSPS) is 25.8. The third kappa shape index (κ3) is 4.27. The van der Waals surface area contributed by atoms with Crippen molar-refractivity contribution in [2.24, 2.45) is 29.4 Å². The van der Waals surface area contributed by atoms with Gasteiger partial charge < -0.3 is 15.2 Å². The van der Waals surface area contributed by atoms with Crippen LogP contribution in [0, 0.1) is 53.2 Å². The van der Waals surface area contributed by atoms with E-state index in [1.165, 1.54) is 12.2 Å². The summed E-state index contributed by atoms with van der Waals surface area (Å²) < 4.78 is 73.8. The quantitative estimate of drug-likeness (QED) is 0.275. The minimum atomic E-state index is -3.61. The molecule has 0 spiro atoms. The number of hydrogen-bond acceptors (Lipinski definition) is 7. The molecule has 1 fully saturated rings. The summed E-state index contributed by atoms with van der Waals surface area (Å²) in [6.07, 6.45) is 12.0. The second-order valence-electron chi connectivity index (χ2n) is 10.2. The smallest absolute Gasteiger partial charge is 0.360 e. The van der Waals surface area contributed by atoms with Crippen molar-refractivity contribution in [3.8, 4) is 30.2 Å². The van der Waals surface area contributed by atoms with Crippen LogP contribution in [-0.4, -0.2) is 35.8 Å². The van der Waals surface area contributed by atoms with Crippen LogP contribution < -0.4 is 20.1 Å². The topological polar surface area (TPSA) is 97.3 Å². The Kier molecular flexibility index (Phi) is 6.39. The molecule has 0 saturated heterocycles. The minimum absolute atomic E-state index is 0.0394. The molecule has 0 radical (unpaired) electrons. The number of allylic oxidation sites excluding steroid dienone is 7. The fourth-order valence-electron chi connectivity index (χ4n) is 5.64. The van der Waals surface area contributed by atoms with Crippen LogP contribution >= 0.6 is 11.6 Å². The predicted octanol–water partition coefficient (Wildman–Crippen LogP) is 5.67. The third-order valence-corrected chi connectivity index (χ3v) is 8.03. The highest BCUT2D eigenvalue weighted by molar-refractivity contribution is 6.35. The number of nitrogens with zero attached hydrogens (tertiary/aromatic N) is 4. The van der Waals surface area contributed by atoms with E-state index in [4.69, 9.17) is 33.2 Å². The molecule has 4 atom stereocenters. The van der Waals surface area contributed by atoms with Crippen molar-refractivity contribution in [1.82, 2.24) is 9.97 Å². The standard InChI is InChI=1S/C29H22ClF4N5O2/c1-3-17-19(31)6-5-13-8-16(36)9-18(20(13)17)21-23(30)26-22-25(24(21)32)37-28(40-4-2)38-27(22)39(29(33,34)12-41-26)11-15-7-14(15)10-35/h1,5-6,8-9,13-15,20H,4,7,11-12,36H2,2H3/t13-,14?,15?,20+/m0/s1. The average Bonchev–Trinajstić information content (AvgIpc) is 3.71. The van der Waals surface area contributed by atoms with Crippen molar-refractivity contribution in [2.45, 2.75) is 19.4 Å². The molecular weight excluding hydrogens is 562 g/mol. The van der Waals surface area contributed by atoms with Crippen LogP contribution in [0.15, 0.2) is 41.4 Å². The Morgan fingerprint density at radius 1 is 1.34 bits per heavy atom. The van der Waals surface area contributed by atoms with Gasteiger partial charge in [0.05, 0.1) is 29.0 Å². The van der Waals surface area contributed by atoms with Gasteiger partial charge in [0.15, 0.2) is 24.0 Å². The number of anilines is 1. The van der Waals surface area contributed by atoms with Gasteiger partial charge in [-0.15, -0.1) is 6.42 Å². The van der Waals surface area contributed by atoms with Gasteiger partial charge in [0.25, 0.3) is 0 Å². The molecular formula is C29H22ClF4N5O2. The van der Waals surface area contributed by atoms with Gasteiger partial charge in [0.1, 0.15) is 11.3 Å². The minimum Gasteiger partial charge on any atom is -0.483 e. The maximum absolute atomic E-state index is 16.7. The van der Waals surface area contributed by atoms with E-state index in [0.29, 0.717) is 11.3 Å². The second-order valence-corrected chi connectivity index (χ2v) is 10.6. The summed E-state index contributed by atoms with van der Waals surface area (Å²) >= 11 is 6.78. The number of rotatable bonds is 5. The van der Waals surface area contributed by atoms with Crippen LogP contribution in [0.2, 0.25) is 5.02 Å². The van der Waals surface area contributed by atoms with Gasteiger partial charge in [-0.3, -0.25) is 4.90 Å². The van der Waals surface area contributed by atoms with Crippen LogP contribution in [-0.2, 0) is 0 Å². The van der Waals surface area contributed by atoms with Crippen LogP contribution in [0.5, 0.6) is 11.8 Å². The Bertz CT molecular complexity index is 1700. The largest absolute Gasteiger partial charge is 0.483 e. The summed E-state index contributed by atoms with van der Waals surface area (Å²) in [5, 5.41) is 8.73. The summed E-state index contributed by atoms with van der Waals surface area (Å²) in [6.45, 7) is 0.338. The van der Waals surface area contributed by atoms with Crippen LogP contribution in [0.3, 0.4) is 0 Å². The van der Waals surface area contributed by atoms with E-state index in [1.807, 2.05) is 0 Å². The lowest BCUT2D eigenvalue weighted by atomic mass is 9.71. The molecule has 2 N–H and O–H groups in total. The van der Waals surface area contributed by atoms with Crippen molar-refractivity contribution < 1.29 is 27.0 Å². The first-order chi connectivity index (χ1) is 19.6. The monoisotopic (exact) mass is 583 g/mol. The fraction of sp³-hybridized carbons (Fsp3) is 0.345. The predicted molar refractivity (Wildman–Crippen MR) is 144 cm³/mol. The Balaban J connectivity index is 1.62. The number of terminal acetylenes is 1. The molecule has 7 nitrogen and oxygen atoms in total. The number of ether oxygens (including phenoxy) is 2. The Labute approximate surface area is 237 Å². The molecule has 3 aliphatic carbocycles. The summed E-state index contributed by atoms with van der Waals surface area (Å²) in [5.41, 5.74) is 5.86. The molecule has 2 heterocycles. The fourth-order valence-corrected chi connectivity index (χ4v) is 5.99. The van der Waals surface area contributed by atoms with Gasteiger partial charge in [-0.05, 0) is 37.0 Å². The first-order valence-electron chi connectivity index (χ1n) is 12.9. The highest BCUT2D eigenvalue weighted by Crippen LogP contribution is 2.53. The highest BCUT2D eigenvalue weighted by atomic mass is 35.5. The number of aromatic nitrogens is 2. The Hall–Kier alpha value is -4.22. The van der Waals surface area contributed by atoms with E-state index < -0.39 is 36.1 Å². The molecule has 0 bridgehead atoms. The molecule has 41 heavy (non-hydrogen) atoms. The lowest BCUT2D eigenvalue weighted by Gasteiger charge is -2.32. The molecule has 0 amide bonds. The van der Waals surface area contributed by atoms with E-state index in [9.17, 15) is 9.65 Å². The molecule has 2 aromatic rings. The first-order valence-corrected chi connectivity index (χ1v) is 13.2. The zero-order valence-corrected chi connectivity index (χ0v) is 22.4. The van der Waals surface area contributed by atoms with E-state index in [1.54, 1.807) is 19.1 Å². The summed E-state index contributed by atoms with van der Waals surface area (Å²) in [5.74, 6) is -2.02. The Morgan fingerprint density at radius 2 is 2.12 bits per heavy atom. The van der Waals surface area contributed by atoms with Crippen molar-refractivity contribution in [2.75, 3.05) is 24.7 Å². The first kappa shape index (κ1) is 27.0. The number of fused-ring (bicyclic) bond motifs is 1. The van der Waals surface area contributed by atoms with E-state index in [-0.39, 0.29) is 80.9 Å². The summed E-state index contributed by atoms with van der Waals surface area (Å²) in [4.78, 5) is 9.12. The molecule has 4 aliphatic rings. The molecule has 12 heteroatoms. The molecule has 6 rings (SSSR count). The van der Waals surface area contributed by atoms with E-state index >= 15 is 13.2 Å². The Morgan fingerprint density at radius 3 is 2.80 bits per heavy atom. The maximum atomic E-state index is 16.7. The molecule has 210 valence electrons. The second kappa shape index (κ2) is 9.71. The zero-order chi connectivity index (χ0) is 29.2. The molecule has 1 aromatic carbocycles. The number of alkyl halides is 2. The zero-order valence-electron chi connectivity index (χ0n) is 21.6. The summed E-state index contributed by atoms with van der Waals surface area (Å²) in [7, 11) is 0. The third-order valence-electron chi connectivity index (χ3n) is 7.67. The molecule has 1 aromatic heterocycles.